The van der Waals surface area contributed by atoms with Crippen LogP contribution >= 0.6 is 0 Å². The lowest BCUT2D eigenvalue weighted by molar-refractivity contribution is -0.141. The molecule has 1 heterocycles. The maximum atomic E-state index is 13.7. The Morgan fingerprint density at radius 2 is 1.71 bits per heavy atom. The Morgan fingerprint density at radius 1 is 1.09 bits per heavy atom. The van der Waals surface area contributed by atoms with Crippen molar-refractivity contribution in [2.45, 2.75) is 25.8 Å². The second-order valence-corrected chi connectivity index (χ2v) is 7.23. The van der Waals surface area contributed by atoms with E-state index >= 15 is 0 Å². The van der Waals surface area contributed by atoms with E-state index in [1.54, 1.807) is 0 Å². The van der Waals surface area contributed by atoms with Crippen molar-refractivity contribution in [1.29, 1.82) is 0 Å². The van der Waals surface area contributed by atoms with E-state index in [-0.39, 0.29) is 17.1 Å². The molecule has 1 atom stereocenters. The minimum atomic E-state index is -5.01. The summed E-state index contributed by atoms with van der Waals surface area (Å²) in [6.45, 7) is -1.64. The van der Waals surface area contributed by atoms with Crippen LogP contribution in [0.2, 0.25) is 0 Å². The summed E-state index contributed by atoms with van der Waals surface area (Å²) in [5.41, 5.74) is -2.01. The van der Waals surface area contributed by atoms with Crippen LogP contribution in [0.25, 0.3) is 0 Å². The number of aromatic carboxylic acids is 1. The van der Waals surface area contributed by atoms with Crippen LogP contribution in [-0.2, 0) is 13.2 Å². The highest BCUT2D eigenvalue weighted by atomic mass is 19.4. The van der Waals surface area contributed by atoms with Gasteiger partial charge in [0.15, 0.2) is 5.69 Å². The second kappa shape index (κ2) is 9.99. The molecule has 8 nitrogen and oxygen atoms in total. The maximum Gasteiger partial charge on any atom is 0.436 e. The summed E-state index contributed by atoms with van der Waals surface area (Å²) in [5.74, 6) is -3.40. The van der Waals surface area contributed by atoms with E-state index in [4.69, 9.17) is 9.84 Å². The third-order valence-corrected chi connectivity index (χ3v) is 4.74. The predicted molar refractivity (Wildman–Crippen MR) is 111 cm³/mol. The number of nitrogens with zero attached hydrogens (tertiary/aromatic N) is 2. The standard InChI is InChI=1S/C22H18F5N3O5/c1-11(12-6-8-13(9-7-12)20(32)33)28-18(31)16-17(22(25,26)27)29-30(2)19(16)34-14-4-3-5-15(10-14)35-21(23)24/h3-11,21H,1-2H3,(H,28,31)(H,32,33). The molecule has 0 saturated carbocycles. The molecule has 35 heavy (non-hydrogen) atoms. The first kappa shape index (κ1) is 25.5. The normalized spacial score (nSPS) is 12.3. The SMILES string of the molecule is CC(NC(=O)c1c(C(F)(F)F)nn(C)c1Oc1cccc(OC(F)F)c1)c1ccc(C(=O)O)cc1. The first-order chi connectivity index (χ1) is 16.4. The zero-order valence-electron chi connectivity index (χ0n) is 18.1. The van der Waals surface area contributed by atoms with Crippen LogP contribution < -0.4 is 14.8 Å². The van der Waals surface area contributed by atoms with Crippen molar-refractivity contribution in [3.8, 4) is 17.4 Å². The van der Waals surface area contributed by atoms with Gasteiger partial charge in [-0.25, -0.2) is 9.48 Å². The minimum Gasteiger partial charge on any atom is -0.478 e. The number of ether oxygens (including phenoxy) is 2. The molecular formula is C22H18F5N3O5. The smallest absolute Gasteiger partial charge is 0.436 e. The Bertz CT molecular complexity index is 1230. The van der Waals surface area contributed by atoms with Gasteiger partial charge in [0.2, 0.25) is 5.88 Å². The van der Waals surface area contributed by atoms with Gasteiger partial charge in [0, 0.05) is 13.1 Å². The van der Waals surface area contributed by atoms with Gasteiger partial charge in [-0.1, -0.05) is 18.2 Å². The Hall–Kier alpha value is -4.16. The molecule has 0 radical (unpaired) electrons. The molecule has 0 aliphatic carbocycles. The fraction of sp³-hybridized carbons (Fsp3) is 0.227. The Morgan fingerprint density at radius 3 is 2.29 bits per heavy atom. The van der Waals surface area contributed by atoms with Gasteiger partial charge in [-0.2, -0.15) is 27.1 Å². The molecule has 2 N–H and O–H groups in total. The van der Waals surface area contributed by atoms with Crippen molar-refractivity contribution in [3.05, 3.63) is 70.9 Å². The Labute approximate surface area is 194 Å². The summed E-state index contributed by atoms with van der Waals surface area (Å²) in [6, 6.07) is 9.33. The van der Waals surface area contributed by atoms with E-state index in [2.05, 4.69) is 15.2 Å². The number of hydrogen-bond donors (Lipinski definition) is 2. The Balaban J connectivity index is 1.94. The number of benzene rings is 2. The molecule has 186 valence electrons. The lowest BCUT2D eigenvalue weighted by Crippen LogP contribution is -2.28. The third-order valence-electron chi connectivity index (χ3n) is 4.74. The van der Waals surface area contributed by atoms with E-state index in [0.29, 0.717) is 10.2 Å². The number of hydrogen-bond acceptors (Lipinski definition) is 5. The van der Waals surface area contributed by atoms with E-state index in [0.717, 1.165) is 13.1 Å². The van der Waals surface area contributed by atoms with E-state index in [1.165, 1.54) is 49.4 Å². The van der Waals surface area contributed by atoms with Crippen LogP contribution in [-0.4, -0.2) is 33.4 Å². The second-order valence-electron chi connectivity index (χ2n) is 7.23. The number of aromatic nitrogens is 2. The van der Waals surface area contributed by atoms with Gasteiger partial charge in [-0.05, 0) is 36.8 Å². The van der Waals surface area contributed by atoms with Crippen molar-refractivity contribution in [1.82, 2.24) is 15.1 Å². The molecule has 0 aliphatic heterocycles. The lowest BCUT2D eigenvalue weighted by atomic mass is 10.1. The molecule has 0 saturated heterocycles. The van der Waals surface area contributed by atoms with Crippen molar-refractivity contribution >= 4 is 11.9 Å². The molecule has 1 unspecified atom stereocenters. The quantitative estimate of drug-likeness (QED) is 0.422. The van der Waals surface area contributed by atoms with Crippen molar-refractivity contribution in [2.24, 2.45) is 7.05 Å². The number of alkyl halides is 5. The average Bonchev–Trinajstić information content (AvgIpc) is 3.10. The average molecular weight is 499 g/mol. The van der Waals surface area contributed by atoms with Gasteiger partial charge >= 0.3 is 18.8 Å². The van der Waals surface area contributed by atoms with Crippen LogP contribution in [0.15, 0.2) is 48.5 Å². The third kappa shape index (κ3) is 6.05. The van der Waals surface area contributed by atoms with Crippen molar-refractivity contribution in [2.75, 3.05) is 0 Å². The van der Waals surface area contributed by atoms with Crippen molar-refractivity contribution in [3.63, 3.8) is 0 Å². The molecule has 0 fully saturated rings. The van der Waals surface area contributed by atoms with Crippen LogP contribution in [0.1, 0.15) is 44.9 Å². The van der Waals surface area contributed by atoms with Crippen LogP contribution in [0.5, 0.6) is 17.4 Å². The summed E-state index contributed by atoms with van der Waals surface area (Å²) >= 11 is 0. The molecular weight excluding hydrogens is 481 g/mol. The number of amides is 1. The fourth-order valence-corrected chi connectivity index (χ4v) is 3.12. The number of carbonyl (C=O) groups excluding carboxylic acids is 1. The molecule has 13 heteroatoms. The fourth-order valence-electron chi connectivity index (χ4n) is 3.12. The molecule has 1 aromatic heterocycles. The number of rotatable bonds is 8. The highest BCUT2D eigenvalue weighted by Gasteiger charge is 2.42. The molecule has 0 aliphatic rings. The van der Waals surface area contributed by atoms with Gasteiger partial charge in [0.05, 0.1) is 11.6 Å². The number of carboxylic acids is 1. The molecule has 0 spiro atoms. The number of nitrogens with one attached hydrogen (secondary N) is 1. The number of carbonyl (C=O) groups is 2. The summed E-state index contributed by atoms with van der Waals surface area (Å²) < 4.78 is 76.3. The van der Waals surface area contributed by atoms with Gasteiger partial charge < -0.3 is 19.9 Å². The molecule has 3 rings (SSSR count). The monoisotopic (exact) mass is 499 g/mol. The Kier molecular flexibility index (Phi) is 7.27. The van der Waals surface area contributed by atoms with Crippen LogP contribution in [0, 0.1) is 0 Å². The zero-order valence-corrected chi connectivity index (χ0v) is 18.1. The van der Waals surface area contributed by atoms with E-state index in [1.807, 2.05) is 0 Å². The van der Waals surface area contributed by atoms with Gasteiger partial charge in [-0.3, -0.25) is 4.79 Å². The molecule has 0 bridgehead atoms. The highest BCUT2D eigenvalue weighted by Crippen LogP contribution is 2.38. The summed E-state index contributed by atoms with van der Waals surface area (Å²) in [4.78, 5) is 23.9. The van der Waals surface area contributed by atoms with Crippen molar-refractivity contribution < 1.29 is 46.1 Å². The van der Waals surface area contributed by atoms with Gasteiger partial charge in [-0.15, -0.1) is 0 Å². The largest absolute Gasteiger partial charge is 0.478 e. The summed E-state index contributed by atoms with van der Waals surface area (Å²) in [5, 5.41) is 14.8. The van der Waals surface area contributed by atoms with Crippen LogP contribution in [0.3, 0.4) is 0 Å². The molecule has 3 aromatic rings. The lowest BCUT2D eigenvalue weighted by Gasteiger charge is -2.16. The molecule has 2 aromatic carbocycles. The van der Waals surface area contributed by atoms with Gasteiger partial charge in [0.25, 0.3) is 5.91 Å². The topological polar surface area (TPSA) is 103 Å². The summed E-state index contributed by atoms with van der Waals surface area (Å²) in [6.07, 6.45) is -5.01. The van der Waals surface area contributed by atoms with E-state index < -0.39 is 47.8 Å². The first-order valence-electron chi connectivity index (χ1n) is 9.88. The number of aryl methyl sites for hydroxylation is 1. The summed E-state index contributed by atoms with van der Waals surface area (Å²) in [7, 11) is 1.12. The number of carboxylic acid groups (broad SMARTS) is 1. The molecule has 1 amide bonds. The number of halogens is 5. The van der Waals surface area contributed by atoms with E-state index in [9.17, 15) is 31.5 Å². The predicted octanol–water partition coefficient (Wildman–Crippen LogP) is 5.02. The zero-order chi connectivity index (χ0) is 25.9. The highest BCUT2D eigenvalue weighted by molar-refractivity contribution is 5.98. The maximum absolute atomic E-state index is 13.7. The van der Waals surface area contributed by atoms with Gasteiger partial charge in [0.1, 0.15) is 17.1 Å². The van der Waals surface area contributed by atoms with Crippen LogP contribution in [0.4, 0.5) is 22.0 Å². The minimum absolute atomic E-state index is 0.00682. The first-order valence-corrected chi connectivity index (χ1v) is 9.88.